The van der Waals surface area contributed by atoms with Crippen LogP contribution in [0.25, 0.3) is 10.9 Å². The molecule has 6 nitrogen and oxygen atoms in total. The Morgan fingerprint density at radius 3 is 2.91 bits per heavy atom. The quantitative estimate of drug-likeness (QED) is 0.778. The molecule has 0 saturated heterocycles. The molecular formula is C17H15N3O3. The van der Waals surface area contributed by atoms with Gasteiger partial charge < -0.3 is 14.8 Å². The van der Waals surface area contributed by atoms with Crippen molar-refractivity contribution in [2.24, 2.45) is 0 Å². The molecule has 1 fully saturated rings. The van der Waals surface area contributed by atoms with E-state index < -0.39 is 0 Å². The number of carbonyl (C=O) groups is 1. The Morgan fingerprint density at radius 2 is 2.13 bits per heavy atom. The first-order valence-electron chi connectivity index (χ1n) is 7.52. The fourth-order valence-corrected chi connectivity index (χ4v) is 2.66. The number of hydrogen-bond donors (Lipinski definition) is 2. The molecule has 3 aromatic rings. The van der Waals surface area contributed by atoms with Crippen LogP contribution in [0.1, 0.15) is 40.6 Å². The number of amides is 1. The van der Waals surface area contributed by atoms with E-state index in [-0.39, 0.29) is 17.2 Å². The van der Waals surface area contributed by atoms with Gasteiger partial charge in [0.25, 0.3) is 5.91 Å². The van der Waals surface area contributed by atoms with E-state index in [1.165, 1.54) is 0 Å². The molecule has 1 aromatic carbocycles. The van der Waals surface area contributed by atoms with Crippen LogP contribution in [-0.2, 0) is 0 Å². The van der Waals surface area contributed by atoms with Crippen molar-refractivity contribution in [2.45, 2.75) is 25.7 Å². The van der Waals surface area contributed by atoms with Gasteiger partial charge in [-0.25, -0.2) is 0 Å². The number of pyridine rings is 1. The number of fused-ring (bicyclic) bond motifs is 1. The van der Waals surface area contributed by atoms with Crippen molar-refractivity contribution in [1.82, 2.24) is 10.1 Å². The normalized spacial score (nSPS) is 14.1. The Morgan fingerprint density at radius 1 is 1.30 bits per heavy atom. The number of aromatic nitrogens is 2. The average Bonchev–Trinajstić information content (AvgIpc) is 3.23. The minimum Gasteiger partial charge on any atom is -0.360 e. The van der Waals surface area contributed by atoms with Gasteiger partial charge in [0.1, 0.15) is 5.76 Å². The molecule has 0 spiro atoms. The van der Waals surface area contributed by atoms with Gasteiger partial charge in [0.05, 0.1) is 5.52 Å². The Labute approximate surface area is 131 Å². The second kappa shape index (κ2) is 5.08. The van der Waals surface area contributed by atoms with Gasteiger partial charge >= 0.3 is 0 Å². The number of hydrogen-bond acceptors (Lipinski definition) is 4. The van der Waals surface area contributed by atoms with Gasteiger partial charge in [0.2, 0.25) is 5.56 Å². The second-order valence-corrected chi connectivity index (χ2v) is 5.92. The highest BCUT2D eigenvalue weighted by Crippen LogP contribution is 2.40. The predicted molar refractivity (Wildman–Crippen MR) is 85.7 cm³/mol. The summed E-state index contributed by atoms with van der Waals surface area (Å²) in [5, 5.41) is 7.54. The molecule has 1 aliphatic rings. The highest BCUT2D eigenvalue weighted by Gasteiger charge is 2.28. The van der Waals surface area contributed by atoms with Gasteiger partial charge in [0.15, 0.2) is 5.69 Å². The molecule has 1 aliphatic carbocycles. The molecule has 1 saturated carbocycles. The van der Waals surface area contributed by atoms with E-state index in [2.05, 4.69) is 15.5 Å². The van der Waals surface area contributed by atoms with E-state index in [0.717, 1.165) is 29.6 Å². The highest BCUT2D eigenvalue weighted by molar-refractivity contribution is 6.03. The van der Waals surface area contributed by atoms with Crippen LogP contribution in [0, 0.1) is 6.92 Å². The summed E-state index contributed by atoms with van der Waals surface area (Å²) in [5.74, 6) is 0.862. The molecule has 0 atom stereocenters. The fraction of sp³-hybridized carbons (Fsp3) is 0.235. The molecule has 0 unspecified atom stereocenters. The first-order valence-corrected chi connectivity index (χ1v) is 7.52. The largest absolute Gasteiger partial charge is 0.360 e. The summed E-state index contributed by atoms with van der Waals surface area (Å²) in [6.07, 6.45) is 2.18. The molecule has 4 rings (SSSR count). The van der Waals surface area contributed by atoms with Gasteiger partial charge in [-0.15, -0.1) is 0 Å². The summed E-state index contributed by atoms with van der Waals surface area (Å²) in [4.78, 5) is 26.6. The zero-order valence-electron chi connectivity index (χ0n) is 12.6. The molecular weight excluding hydrogens is 294 g/mol. The summed E-state index contributed by atoms with van der Waals surface area (Å²) in [7, 11) is 0. The number of nitrogens with one attached hydrogen (secondary N) is 2. The van der Waals surface area contributed by atoms with Crippen molar-refractivity contribution in [1.29, 1.82) is 0 Å². The predicted octanol–water partition coefficient (Wildman–Crippen LogP) is 2.95. The zero-order valence-corrected chi connectivity index (χ0v) is 12.6. The van der Waals surface area contributed by atoms with Crippen LogP contribution in [0.5, 0.6) is 0 Å². The van der Waals surface area contributed by atoms with Gasteiger partial charge in [-0.1, -0.05) is 11.2 Å². The van der Waals surface area contributed by atoms with Crippen molar-refractivity contribution in [2.75, 3.05) is 5.32 Å². The summed E-state index contributed by atoms with van der Waals surface area (Å²) >= 11 is 0. The molecule has 0 radical (unpaired) electrons. The fourth-order valence-electron chi connectivity index (χ4n) is 2.66. The highest BCUT2D eigenvalue weighted by atomic mass is 16.5. The van der Waals surface area contributed by atoms with E-state index in [1.807, 2.05) is 13.0 Å². The van der Waals surface area contributed by atoms with Crippen molar-refractivity contribution in [3.8, 4) is 0 Å². The monoisotopic (exact) mass is 309 g/mol. The van der Waals surface area contributed by atoms with E-state index in [9.17, 15) is 9.59 Å². The van der Waals surface area contributed by atoms with Gasteiger partial charge in [-0.2, -0.15) is 0 Å². The van der Waals surface area contributed by atoms with E-state index in [0.29, 0.717) is 17.1 Å². The van der Waals surface area contributed by atoms with E-state index >= 15 is 0 Å². The number of H-pyrrole nitrogens is 1. The lowest BCUT2D eigenvalue weighted by molar-refractivity contribution is 0.101. The zero-order chi connectivity index (χ0) is 16.0. The standard InChI is InChI=1S/C17H15N3O3/c1-9-6-16(21)19-13-7-11(4-5-12(9)13)18-17(22)14-8-15(23-20-14)10-2-3-10/h4-8,10H,2-3H2,1H3,(H,18,22)(H,19,21). The molecule has 0 aliphatic heterocycles. The van der Waals surface area contributed by atoms with Gasteiger partial charge in [-0.05, 0) is 37.5 Å². The van der Waals surface area contributed by atoms with Crippen molar-refractivity contribution in [3.05, 3.63) is 57.7 Å². The Bertz CT molecular complexity index is 967. The first kappa shape index (κ1) is 13.8. The van der Waals surface area contributed by atoms with Gasteiger partial charge in [-0.3, -0.25) is 9.59 Å². The first-order chi connectivity index (χ1) is 11.1. The third kappa shape index (κ3) is 2.63. The Balaban J connectivity index is 1.61. The number of rotatable bonds is 3. The minimum atomic E-state index is -0.324. The smallest absolute Gasteiger partial charge is 0.277 e. The van der Waals surface area contributed by atoms with Crippen LogP contribution in [0.15, 0.2) is 39.6 Å². The van der Waals surface area contributed by atoms with Crippen LogP contribution < -0.4 is 10.9 Å². The summed E-state index contributed by atoms with van der Waals surface area (Å²) < 4.78 is 5.19. The van der Waals surface area contributed by atoms with Gasteiger partial charge in [0, 0.05) is 29.1 Å². The molecule has 2 aromatic heterocycles. The number of nitrogens with zero attached hydrogens (tertiary/aromatic N) is 1. The van der Waals surface area contributed by atoms with E-state index in [1.54, 1.807) is 24.3 Å². The summed E-state index contributed by atoms with van der Waals surface area (Å²) in [6.45, 7) is 1.88. The molecule has 2 heterocycles. The number of anilines is 1. The summed E-state index contributed by atoms with van der Waals surface area (Å²) in [6, 6.07) is 8.65. The van der Waals surface area contributed by atoms with Crippen molar-refractivity contribution in [3.63, 3.8) is 0 Å². The molecule has 23 heavy (non-hydrogen) atoms. The second-order valence-electron chi connectivity index (χ2n) is 5.92. The maximum absolute atomic E-state index is 12.2. The third-order valence-corrected chi connectivity index (χ3v) is 4.05. The summed E-state index contributed by atoms with van der Waals surface area (Å²) in [5.41, 5.74) is 2.28. The SMILES string of the molecule is Cc1cc(=O)[nH]c2cc(NC(=O)c3cc(C4CC4)on3)ccc12. The van der Waals surface area contributed by atoms with Crippen molar-refractivity contribution >= 4 is 22.5 Å². The maximum Gasteiger partial charge on any atom is 0.277 e. The third-order valence-electron chi connectivity index (χ3n) is 4.05. The molecule has 116 valence electrons. The number of aromatic amines is 1. The lowest BCUT2D eigenvalue weighted by atomic mass is 10.1. The Hall–Kier alpha value is -2.89. The molecule has 6 heteroatoms. The maximum atomic E-state index is 12.2. The van der Waals surface area contributed by atoms with Crippen LogP contribution in [0.2, 0.25) is 0 Å². The van der Waals surface area contributed by atoms with Crippen LogP contribution >= 0.6 is 0 Å². The lowest BCUT2D eigenvalue weighted by Gasteiger charge is -2.06. The number of benzene rings is 1. The number of carbonyl (C=O) groups excluding carboxylic acids is 1. The van der Waals surface area contributed by atoms with Crippen LogP contribution in [-0.4, -0.2) is 16.0 Å². The van der Waals surface area contributed by atoms with Crippen LogP contribution in [0.3, 0.4) is 0 Å². The van der Waals surface area contributed by atoms with Crippen molar-refractivity contribution < 1.29 is 9.32 Å². The topological polar surface area (TPSA) is 88.0 Å². The Kier molecular flexibility index (Phi) is 3.04. The lowest BCUT2D eigenvalue weighted by Crippen LogP contribution is -2.12. The number of aryl methyl sites for hydroxylation is 1. The molecule has 2 N–H and O–H groups in total. The molecule has 1 amide bonds. The van der Waals surface area contributed by atoms with Crippen LogP contribution in [0.4, 0.5) is 5.69 Å². The van der Waals surface area contributed by atoms with E-state index in [4.69, 9.17) is 4.52 Å². The average molecular weight is 309 g/mol. The minimum absolute atomic E-state index is 0.163. The molecule has 0 bridgehead atoms.